The van der Waals surface area contributed by atoms with E-state index in [-0.39, 0.29) is 5.69 Å². The maximum absolute atomic E-state index is 11.7. The Morgan fingerprint density at radius 1 is 1.33 bits per heavy atom. The van der Waals surface area contributed by atoms with Crippen LogP contribution in [0.15, 0.2) is 40.3 Å². The standard InChI is InChI=1S/C13H17N3OS/c1-10(2)18-13-15-14-12(17)16(13)9-8-11-6-4-3-5-7-11/h3-7,10H,8-9H2,1-2H3,(H,14,17). The molecule has 2 aromatic rings. The van der Waals surface area contributed by atoms with Crippen molar-refractivity contribution in [1.82, 2.24) is 14.8 Å². The van der Waals surface area contributed by atoms with E-state index in [0.717, 1.165) is 11.6 Å². The van der Waals surface area contributed by atoms with Gasteiger partial charge in [0.2, 0.25) is 0 Å². The fourth-order valence-electron chi connectivity index (χ4n) is 1.69. The summed E-state index contributed by atoms with van der Waals surface area (Å²) in [5.41, 5.74) is 1.10. The molecule has 0 bridgehead atoms. The maximum Gasteiger partial charge on any atom is 0.343 e. The zero-order valence-corrected chi connectivity index (χ0v) is 11.4. The van der Waals surface area contributed by atoms with Crippen LogP contribution in [0.1, 0.15) is 19.4 Å². The van der Waals surface area contributed by atoms with Crippen molar-refractivity contribution < 1.29 is 0 Å². The van der Waals surface area contributed by atoms with Crippen molar-refractivity contribution in [1.29, 1.82) is 0 Å². The molecule has 0 amide bonds. The van der Waals surface area contributed by atoms with Crippen molar-refractivity contribution in [2.75, 3.05) is 0 Å². The zero-order valence-electron chi connectivity index (χ0n) is 10.6. The minimum absolute atomic E-state index is 0.130. The number of aryl methyl sites for hydroxylation is 1. The molecule has 2 rings (SSSR count). The van der Waals surface area contributed by atoms with Crippen molar-refractivity contribution in [3.05, 3.63) is 46.4 Å². The van der Waals surface area contributed by atoms with E-state index in [0.29, 0.717) is 11.8 Å². The van der Waals surface area contributed by atoms with Crippen molar-refractivity contribution >= 4 is 11.8 Å². The van der Waals surface area contributed by atoms with Crippen LogP contribution in [-0.4, -0.2) is 20.0 Å². The molecule has 0 radical (unpaired) electrons. The highest BCUT2D eigenvalue weighted by atomic mass is 32.2. The van der Waals surface area contributed by atoms with E-state index in [4.69, 9.17) is 0 Å². The van der Waals surface area contributed by atoms with Gasteiger partial charge in [0.1, 0.15) is 0 Å². The lowest BCUT2D eigenvalue weighted by molar-refractivity contribution is 0.615. The lowest BCUT2D eigenvalue weighted by Crippen LogP contribution is -2.19. The van der Waals surface area contributed by atoms with Gasteiger partial charge in [0.25, 0.3) is 0 Å². The number of hydrogen-bond acceptors (Lipinski definition) is 3. The van der Waals surface area contributed by atoms with E-state index in [1.165, 1.54) is 5.56 Å². The normalized spacial score (nSPS) is 11.1. The Morgan fingerprint density at radius 2 is 2.06 bits per heavy atom. The van der Waals surface area contributed by atoms with Crippen LogP contribution in [-0.2, 0) is 13.0 Å². The lowest BCUT2D eigenvalue weighted by Gasteiger charge is -2.07. The van der Waals surface area contributed by atoms with Crippen LogP contribution in [0.25, 0.3) is 0 Å². The molecule has 0 unspecified atom stereocenters. The van der Waals surface area contributed by atoms with Gasteiger partial charge < -0.3 is 0 Å². The van der Waals surface area contributed by atoms with Crippen LogP contribution < -0.4 is 5.69 Å². The van der Waals surface area contributed by atoms with Gasteiger partial charge >= 0.3 is 5.69 Å². The molecule has 1 heterocycles. The van der Waals surface area contributed by atoms with Gasteiger partial charge in [0.15, 0.2) is 5.16 Å². The monoisotopic (exact) mass is 263 g/mol. The van der Waals surface area contributed by atoms with E-state index in [9.17, 15) is 4.79 Å². The summed E-state index contributed by atoms with van der Waals surface area (Å²) < 4.78 is 1.71. The lowest BCUT2D eigenvalue weighted by atomic mass is 10.1. The molecule has 1 N–H and O–H groups in total. The van der Waals surface area contributed by atoms with Crippen molar-refractivity contribution in [3.8, 4) is 0 Å². The highest BCUT2D eigenvalue weighted by molar-refractivity contribution is 7.99. The molecule has 0 spiro atoms. The second kappa shape index (κ2) is 5.91. The number of aromatic nitrogens is 3. The van der Waals surface area contributed by atoms with Crippen molar-refractivity contribution in [3.63, 3.8) is 0 Å². The van der Waals surface area contributed by atoms with Gasteiger partial charge in [-0.15, -0.1) is 5.10 Å². The Morgan fingerprint density at radius 3 is 2.72 bits per heavy atom. The Bertz CT molecular complexity index is 545. The van der Waals surface area contributed by atoms with Gasteiger partial charge in [0.05, 0.1) is 0 Å². The molecule has 1 aromatic heterocycles. The number of thioether (sulfide) groups is 1. The third kappa shape index (κ3) is 3.26. The van der Waals surface area contributed by atoms with Crippen LogP contribution in [0.3, 0.4) is 0 Å². The molecule has 0 saturated heterocycles. The van der Waals surface area contributed by atoms with E-state index in [1.807, 2.05) is 18.2 Å². The summed E-state index contributed by atoms with van der Waals surface area (Å²) in [5, 5.41) is 7.75. The Balaban J connectivity index is 2.09. The number of aromatic amines is 1. The van der Waals surface area contributed by atoms with Gasteiger partial charge in [0, 0.05) is 11.8 Å². The first-order chi connectivity index (χ1) is 8.66. The predicted molar refractivity (Wildman–Crippen MR) is 74.0 cm³/mol. The van der Waals surface area contributed by atoms with Crippen molar-refractivity contribution in [2.24, 2.45) is 0 Å². The highest BCUT2D eigenvalue weighted by Gasteiger charge is 2.10. The molecular weight excluding hydrogens is 246 g/mol. The molecule has 0 aliphatic rings. The fraction of sp³-hybridized carbons (Fsp3) is 0.385. The molecule has 0 saturated carbocycles. The minimum Gasteiger partial charge on any atom is -0.270 e. The Hall–Kier alpha value is -1.49. The summed E-state index contributed by atoms with van der Waals surface area (Å²) in [4.78, 5) is 11.7. The fourth-order valence-corrected chi connectivity index (χ4v) is 2.51. The van der Waals surface area contributed by atoms with Gasteiger partial charge in [-0.1, -0.05) is 55.9 Å². The molecule has 4 nitrogen and oxygen atoms in total. The number of hydrogen-bond donors (Lipinski definition) is 1. The number of nitrogens with one attached hydrogen (secondary N) is 1. The first-order valence-electron chi connectivity index (χ1n) is 6.02. The first-order valence-corrected chi connectivity index (χ1v) is 6.90. The van der Waals surface area contributed by atoms with E-state index >= 15 is 0 Å². The van der Waals surface area contributed by atoms with Gasteiger partial charge in [-0.2, -0.15) is 0 Å². The topological polar surface area (TPSA) is 50.7 Å². The third-order valence-electron chi connectivity index (χ3n) is 2.53. The zero-order chi connectivity index (χ0) is 13.0. The van der Waals surface area contributed by atoms with Crippen molar-refractivity contribution in [2.45, 2.75) is 37.2 Å². The van der Waals surface area contributed by atoms with Crippen LogP contribution in [0.5, 0.6) is 0 Å². The molecule has 96 valence electrons. The molecule has 18 heavy (non-hydrogen) atoms. The number of benzene rings is 1. The molecule has 0 aliphatic carbocycles. The summed E-state index contributed by atoms with van der Waals surface area (Å²) in [6.07, 6.45) is 0.839. The summed E-state index contributed by atoms with van der Waals surface area (Å²) >= 11 is 1.60. The van der Waals surface area contributed by atoms with Gasteiger partial charge in [-0.3, -0.25) is 4.57 Å². The Kier molecular flexibility index (Phi) is 4.25. The number of nitrogens with zero attached hydrogens (tertiary/aromatic N) is 2. The second-order valence-corrected chi connectivity index (χ2v) is 5.91. The second-order valence-electron chi connectivity index (χ2n) is 4.37. The largest absolute Gasteiger partial charge is 0.343 e. The average Bonchev–Trinajstić information content (AvgIpc) is 2.68. The minimum atomic E-state index is -0.130. The summed E-state index contributed by atoms with van der Waals surface area (Å²) in [5.74, 6) is 0. The van der Waals surface area contributed by atoms with Crippen LogP contribution in [0, 0.1) is 0 Å². The molecule has 1 aromatic carbocycles. The molecule has 0 fully saturated rings. The van der Waals surface area contributed by atoms with E-state index in [1.54, 1.807) is 16.3 Å². The smallest absolute Gasteiger partial charge is 0.270 e. The maximum atomic E-state index is 11.7. The third-order valence-corrected chi connectivity index (χ3v) is 3.53. The average molecular weight is 263 g/mol. The molecular formula is C13H17N3OS. The Labute approximate surface area is 110 Å². The summed E-state index contributed by atoms with van der Waals surface area (Å²) in [6.45, 7) is 4.84. The summed E-state index contributed by atoms with van der Waals surface area (Å²) in [6, 6.07) is 10.2. The SMILES string of the molecule is CC(C)Sc1n[nH]c(=O)n1CCc1ccccc1. The molecule has 0 atom stereocenters. The number of rotatable bonds is 5. The first kappa shape index (κ1) is 13.0. The van der Waals surface area contributed by atoms with E-state index < -0.39 is 0 Å². The highest BCUT2D eigenvalue weighted by Crippen LogP contribution is 2.19. The van der Waals surface area contributed by atoms with Crippen LogP contribution in [0.4, 0.5) is 0 Å². The molecule has 5 heteroatoms. The number of H-pyrrole nitrogens is 1. The van der Waals surface area contributed by atoms with Gasteiger partial charge in [-0.05, 0) is 12.0 Å². The van der Waals surface area contributed by atoms with Crippen LogP contribution in [0.2, 0.25) is 0 Å². The van der Waals surface area contributed by atoms with Crippen LogP contribution >= 0.6 is 11.8 Å². The summed E-state index contributed by atoms with van der Waals surface area (Å²) in [7, 11) is 0. The molecule has 0 aliphatic heterocycles. The van der Waals surface area contributed by atoms with E-state index in [2.05, 4.69) is 36.2 Å². The predicted octanol–water partition coefficient (Wildman–Crippen LogP) is 2.31. The van der Waals surface area contributed by atoms with Gasteiger partial charge in [-0.25, -0.2) is 9.89 Å². The quantitative estimate of drug-likeness (QED) is 0.842.